The summed E-state index contributed by atoms with van der Waals surface area (Å²) < 4.78 is 74.2. The summed E-state index contributed by atoms with van der Waals surface area (Å²) in [5, 5.41) is 0. The molecule has 88 valence electrons. The van der Waals surface area contributed by atoms with Crippen LogP contribution in [-0.4, -0.2) is 18.3 Å². The van der Waals surface area contributed by atoms with Gasteiger partial charge in [-0.2, -0.15) is 13.2 Å². The van der Waals surface area contributed by atoms with Crippen LogP contribution in [-0.2, 0) is 0 Å². The topological polar surface area (TPSA) is 0 Å². The van der Waals surface area contributed by atoms with Gasteiger partial charge >= 0.3 is 6.18 Å². The summed E-state index contributed by atoms with van der Waals surface area (Å²) in [6.45, 7) is 0. The first-order valence-corrected chi connectivity index (χ1v) is 4.50. The summed E-state index contributed by atoms with van der Waals surface area (Å²) in [7, 11) is 0. The van der Waals surface area contributed by atoms with E-state index >= 15 is 0 Å². The molecule has 0 amide bonds. The van der Waals surface area contributed by atoms with Crippen LogP contribution in [0.2, 0.25) is 0 Å². The van der Waals surface area contributed by atoms with Crippen LogP contribution in [0.1, 0.15) is 19.3 Å². The molecule has 0 aromatic rings. The molecule has 15 heavy (non-hydrogen) atoms. The van der Waals surface area contributed by atoms with Gasteiger partial charge in [0.25, 0.3) is 12.1 Å². The summed E-state index contributed by atoms with van der Waals surface area (Å²) >= 11 is 0. The first kappa shape index (κ1) is 12.4. The maximum Gasteiger partial charge on any atom is 0.425 e. The second-order valence-corrected chi connectivity index (χ2v) is 3.56. The van der Waals surface area contributed by atoms with E-state index in [9.17, 15) is 26.3 Å². The van der Waals surface area contributed by atoms with Crippen molar-refractivity contribution in [3.05, 3.63) is 12.2 Å². The SMILES string of the molecule is FC(C(F)(F)F)C(F)(F)C1CC=CCC1. The van der Waals surface area contributed by atoms with Gasteiger partial charge in [0.2, 0.25) is 0 Å². The quantitative estimate of drug-likeness (QED) is 0.500. The normalized spacial score (nSPS) is 25.3. The Morgan fingerprint density at radius 2 is 1.67 bits per heavy atom. The molecule has 0 N–H and O–H groups in total. The van der Waals surface area contributed by atoms with E-state index in [0.29, 0.717) is 0 Å². The predicted molar refractivity (Wildman–Crippen MR) is 42.4 cm³/mol. The summed E-state index contributed by atoms with van der Waals surface area (Å²) in [6.07, 6.45) is -6.64. The van der Waals surface area contributed by atoms with Crippen LogP contribution in [0.5, 0.6) is 0 Å². The minimum atomic E-state index is -5.50. The number of alkyl halides is 6. The van der Waals surface area contributed by atoms with Crippen molar-refractivity contribution in [2.24, 2.45) is 5.92 Å². The van der Waals surface area contributed by atoms with Crippen LogP contribution < -0.4 is 0 Å². The molecule has 2 unspecified atom stereocenters. The highest BCUT2D eigenvalue weighted by molar-refractivity contribution is 4.98. The lowest BCUT2D eigenvalue weighted by atomic mass is 9.86. The van der Waals surface area contributed by atoms with Crippen LogP contribution in [0.4, 0.5) is 26.3 Å². The number of halogens is 6. The van der Waals surface area contributed by atoms with Gasteiger partial charge in [0.1, 0.15) is 0 Å². The highest BCUT2D eigenvalue weighted by atomic mass is 19.4. The maximum absolute atomic E-state index is 13.1. The van der Waals surface area contributed by atoms with Crippen molar-refractivity contribution in [2.75, 3.05) is 0 Å². The fourth-order valence-corrected chi connectivity index (χ4v) is 1.57. The standard InChI is InChI=1S/C9H10F6/c10-7(9(13,14)15)8(11,12)6-4-2-1-3-5-6/h1-2,6-7H,3-5H2. The van der Waals surface area contributed by atoms with E-state index in [-0.39, 0.29) is 19.3 Å². The molecule has 1 aliphatic rings. The Morgan fingerprint density at radius 3 is 2.07 bits per heavy atom. The van der Waals surface area contributed by atoms with Gasteiger partial charge in [-0.05, 0) is 19.3 Å². The monoisotopic (exact) mass is 232 g/mol. The lowest BCUT2D eigenvalue weighted by Crippen LogP contribution is -2.46. The third-order valence-electron chi connectivity index (χ3n) is 2.44. The molecular weight excluding hydrogens is 222 g/mol. The van der Waals surface area contributed by atoms with Crippen LogP contribution in [0.25, 0.3) is 0 Å². The van der Waals surface area contributed by atoms with Gasteiger partial charge in [-0.1, -0.05) is 12.2 Å². The molecule has 6 heteroatoms. The Bertz CT molecular complexity index is 241. The van der Waals surface area contributed by atoms with Crippen LogP contribution in [0, 0.1) is 5.92 Å². The second kappa shape index (κ2) is 4.06. The zero-order chi connectivity index (χ0) is 11.7. The lowest BCUT2D eigenvalue weighted by Gasteiger charge is -2.30. The van der Waals surface area contributed by atoms with Crippen molar-refractivity contribution >= 4 is 0 Å². The van der Waals surface area contributed by atoms with E-state index in [1.165, 1.54) is 6.08 Å². The highest BCUT2D eigenvalue weighted by Gasteiger charge is 2.59. The zero-order valence-electron chi connectivity index (χ0n) is 7.70. The van der Waals surface area contributed by atoms with Gasteiger partial charge in [-0.15, -0.1) is 0 Å². The highest BCUT2D eigenvalue weighted by Crippen LogP contribution is 2.43. The molecule has 0 heterocycles. The number of hydrogen-bond donors (Lipinski definition) is 0. The largest absolute Gasteiger partial charge is 0.425 e. The smallest absolute Gasteiger partial charge is 0.231 e. The molecule has 0 aliphatic heterocycles. The molecule has 2 atom stereocenters. The Kier molecular flexibility index (Phi) is 3.35. The van der Waals surface area contributed by atoms with Crippen LogP contribution >= 0.6 is 0 Å². The number of allylic oxidation sites excluding steroid dienone is 2. The van der Waals surface area contributed by atoms with Crippen molar-refractivity contribution in [3.8, 4) is 0 Å². The lowest BCUT2D eigenvalue weighted by molar-refractivity contribution is -0.258. The summed E-state index contributed by atoms with van der Waals surface area (Å²) in [4.78, 5) is 0. The van der Waals surface area contributed by atoms with E-state index in [4.69, 9.17) is 0 Å². The fourth-order valence-electron chi connectivity index (χ4n) is 1.57. The molecule has 0 aromatic carbocycles. The third kappa shape index (κ3) is 2.66. The predicted octanol–water partition coefficient (Wildman–Crippen LogP) is 3.88. The molecule has 0 spiro atoms. The van der Waals surface area contributed by atoms with Crippen molar-refractivity contribution < 1.29 is 26.3 Å². The first-order valence-electron chi connectivity index (χ1n) is 4.50. The van der Waals surface area contributed by atoms with E-state index in [1.807, 2.05) is 0 Å². The summed E-state index contributed by atoms with van der Waals surface area (Å²) in [5.41, 5.74) is 0. The zero-order valence-corrected chi connectivity index (χ0v) is 7.70. The molecule has 0 saturated carbocycles. The number of rotatable bonds is 2. The summed E-state index contributed by atoms with van der Waals surface area (Å²) in [5.74, 6) is -5.89. The Balaban J connectivity index is 2.76. The van der Waals surface area contributed by atoms with Gasteiger partial charge < -0.3 is 0 Å². The minimum absolute atomic E-state index is 0.111. The van der Waals surface area contributed by atoms with Gasteiger partial charge in [-0.25, -0.2) is 13.2 Å². The van der Waals surface area contributed by atoms with E-state index in [2.05, 4.69) is 0 Å². The van der Waals surface area contributed by atoms with Gasteiger partial charge in [0.15, 0.2) is 0 Å². The Hall–Kier alpha value is -0.680. The fraction of sp³-hybridized carbons (Fsp3) is 0.778. The van der Waals surface area contributed by atoms with E-state index in [0.717, 1.165) is 0 Å². The number of hydrogen-bond acceptors (Lipinski definition) is 0. The molecule has 0 aromatic heterocycles. The maximum atomic E-state index is 13.1. The minimum Gasteiger partial charge on any atom is -0.231 e. The molecule has 0 bridgehead atoms. The average Bonchev–Trinajstić information content (AvgIpc) is 2.16. The Morgan fingerprint density at radius 1 is 1.07 bits per heavy atom. The summed E-state index contributed by atoms with van der Waals surface area (Å²) in [6, 6.07) is 0. The Labute approximate surface area is 83.0 Å². The molecular formula is C9H10F6. The van der Waals surface area contributed by atoms with Gasteiger partial charge in [0, 0.05) is 5.92 Å². The molecule has 0 saturated heterocycles. The molecule has 1 rings (SSSR count). The van der Waals surface area contributed by atoms with Gasteiger partial charge in [0.05, 0.1) is 0 Å². The second-order valence-electron chi connectivity index (χ2n) is 3.56. The van der Waals surface area contributed by atoms with Crippen LogP contribution in [0.15, 0.2) is 12.2 Å². The molecule has 1 aliphatic carbocycles. The molecule has 0 nitrogen and oxygen atoms in total. The first-order chi connectivity index (χ1) is 6.76. The molecule has 0 fully saturated rings. The van der Waals surface area contributed by atoms with E-state index < -0.39 is 24.2 Å². The van der Waals surface area contributed by atoms with Crippen molar-refractivity contribution in [1.29, 1.82) is 0 Å². The third-order valence-corrected chi connectivity index (χ3v) is 2.44. The van der Waals surface area contributed by atoms with Gasteiger partial charge in [-0.3, -0.25) is 0 Å². The average molecular weight is 232 g/mol. The van der Waals surface area contributed by atoms with Crippen molar-refractivity contribution in [2.45, 2.75) is 37.5 Å². The van der Waals surface area contributed by atoms with Crippen molar-refractivity contribution in [3.63, 3.8) is 0 Å². The molecule has 0 radical (unpaired) electrons. The van der Waals surface area contributed by atoms with Crippen molar-refractivity contribution in [1.82, 2.24) is 0 Å². The van der Waals surface area contributed by atoms with Crippen LogP contribution in [0.3, 0.4) is 0 Å². The van der Waals surface area contributed by atoms with E-state index in [1.54, 1.807) is 6.08 Å².